The van der Waals surface area contributed by atoms with Gasteiger partial charge in [0.1, 0.15) is 17.4 Å². The minimum Gasteiger partial charge on any atom is -0.439 e. The molecule has 1 N–H and O–H groups in total. The van der Waals surface area contributed by atoms with E-state index < -0.39 is 0 Å². The van der Waals surface area contributed by atoms with Crippen molar-refractivity contribution in [1.82, 2.24) is 19.5 Å². The van der Waals surface area contributed by atoms with Gasteiger partial charge >= 0.3 is 0 Å². The monoisotopic (exact) mass is 427 g/mol. The van der Waals surface area contributed by atoms with E-state index >= 15 is 0 Å². The smallest absolute Gasteiger partial charge is 0.255 e. The number of hydrogen-bond donors (Lipinski definition) is 1. The Morgan fingerprint density at radius 2 is 1.84 bits per heavy atom. The summed E-state index contributed by atoms with van der Waals surface area (Å²) in [6.45, 7) is 1.82. The summed E-state index contributed by atoms with van der Waals surface area (Å²) in [6, 6.07) is 18.3. The number of hydrogen-bond acceptors (Lipinski definition) is 6. The van der Waals surface area contributed by atoms with Crippen molar-refractivity contribution in [3.05, 3.63) is 90.0 Å². The predicted octanol–water partition coefficient (Wildman–Crippen LogP) is 5.23. The molecule has 152 valence electrons. The van der Waals surface area contributed by atoms with Crippen LogP contribution in [0.1, 0.15) is 16.2 Å². The molecule has 0 saturated carbocycles. The van der Waals surface area contributed by atoms with Crippen LogP contribution in [-0.2, 0) is 0 Å². The first-order valence-electron chi connectivity index (χ1n) is 9.56. The van der Waals surface area contributed by atoms with Gasteiger partial charge in [-0.2, -0.15) is 4.98 Å². The molecule has 3 aromatic heterocycles. The number of anilines is 1. The van der Waals surface area contributed by atoms with Gasteiger partial charge in [-0.05, 0) is 61.5 Å². The van der Waals surface area contributed by atoms with Crippen LogP contribution in [0.2, 0.25) is 0 Å². The zero-order chi connectivity index (χ0) is 21.2. The van der Waals surface area contributed by atoms with E-state index in [0.717, 1.165) is 16.0 Å². The number of carbonyl (C=O) groups is 1. The molecule has 0 atom stereocenters. The molecule has 31 heavy (non-hydrogen) atoms. The van der Waals surface area contributed by atoms with E-state index in [1.165, 1.54) is 11.3 Å². The van der Waals surface area contributed by atoms with Gasteiger partial charge in [0.2, 0.25) is 5.88 Å². The summed E-state index contributed by atoms with van der Waals surface area (Å²) >= 11 is 1.51. The lowest BCUT2D eigenvalue weighted by Gasteiger charge is -2.10. The maximum Gasteiger partial charge on any atom is 0.255 e. The van der Waals surface area contributed by atoms with Crippen LogP contribution in [0.15, 0.2) is 78.6 Å². The zero-order valence-corrected chi connectivity index (χ0v) is 17.3. The fourth-order valence-corrected chi connectivity index (χ4v) is 3.84. The molecule has 7 nitrogen and oxygen atoms in total. The van der Waals surface area contributed by atoms with Gasteiger partial charge in [0, 0.05) is 29.7 Å². The fourth-order valence-electron chi connectivity index (χ4n) is 3.12. The van der Waals surface area contributed by atoms with Crippen molar-refractivity contribution in [3.8, 4) is 17.4 Å². The van der Waals surface area contributed by atoms with Crippen molar-refractivity contribution in [3.63, 3.8) is 0 Å². The Morgan fingerprint density at radius 3 is 2.65 bits per heavy atom. The number of aromatic nitrogens is 4. The lowest BCUT2D eigenvalue weighted by Crippen LogP contribution is -2.11. The van der Waals surface area contributed by atoms with E-state index in [9.17, 15) is 4.79 Å². The molecule has 0 radical (unpaired) electrons. The highest BCUT2D eigenvalue weighted by Crippen LogP contribution is 2.24. The van der Waals surface area contributed by atoms with Crippen LogP contribution < -0.4 is 10.1 Å². The molecular formula is C23H17N5O2S. The Labute approximate surface area is 182 Å². The SMILES string of the molecule is Cc1nc(Oc2ccc(NC(=O)c3ccc4ncsc4c3)cc2)cc(-n2cccc2)n1. The predicted molar refractivity (Wildman–Crippen MR) is 120 cm³/mol. The van der Waals surface area contributed by atoms with Gasteiger partial charge in [-0.15, -0.1) is 11.3 Å². The van der Waals surface area contributed by atoms with Crippen LogP contribution in [0.5, 0.6) is 11.6 Å². The van der Waals surface area contributed by atoms with Crippen molar-refractivity contribution in [1.29, 1.82) is 0 Å². The number of amides is 1. The third-order valence-electron chi connectivity index (χ3n) is 4.60. The molecule has 0 aliphatic rings. The highest BCUT2D eigenvalue weighted by molar-refractivity contribution is 7.16. The van der Waals surface area contributed by atoms with Gasteiger partial charge in [-0.3, -0.25) is 4.79 Å². The van der Waals surface area contributed by atoms with Gasteiger partial charge < -0.3 is 14.6 Å². The standard InChI is InChI=1S/C23H17N5O2S/c1-15-25-21(28-10-2-3-11-28)13-22(26-15)30-18-7-5-17(6-8-18)27-23(29)16-4-9-19-20(12-16)31-14-24-19/h2-14H,1H3,(H,27,29). The lowest BCUT2D eigenvalue weighted by molar-refractivity contribution is 0.102. The summed E-state index contributed by atoms with van der Waals surface area (Å²) < 4.78 is 8.77. The van der Waals surface area contributed by atoms with E-state index in [2.05, 4.69) is 20.3 Å². The Balaban J connectivity index is 1.29. The molecule has 0 saturated heterocycles. The molecule has 0 unspecified atom stereocenters. The number of ether oxygens (including phenoxy) is 1. The Morgan fingerprint density at radius 1 is 1.03 bits per heavy atom. The number of nitrogens with one attached hydrogen (secondary N) is 1. The van der Waals surface area contributed by atoms with Crippen LogP contribution in [-0.4, -0.2) is 25.4 Å². The molecule has 0 aliphatic carbocycles. The molecule has 0 fully saturated rings. The number of thiazole rings is 1. The zero-order valence-electron chi connectivity index (χ0n) is 16.5. The fraction of sp³-hybridized carbons (Fsp3) is 0.0435. The second-order valence-corrected chi connectivity index (χ2v) is 7.70. The third kappa shape index (κ3) is 4.15. The average Bonchev–Trinajstić information content (AvgIpc) is 3.46. The first-order chi connectivity index (χ1) is 15.1. The second kappa shape index (κ2) is 8.00. The van der Waals surface area contributed by atoms with E-state index in [1.54, 1.807) is 41.9 Å². The number of nitrogens with zero attached hydrogens (tertiary/aromatic N) is 4. The number of fused-ring (bicyclic) bond motifs is 1. The first-order valence-corrected chi connectivity index (χ1v) is 10.4. The summed E-state index contributed by atoms with van der Waals surface area (Å²) in [4.78, 5) is 25.6. The Bertz CT molecular complexity index is 1360. The minimum absolute atomic E-state index is 0.174. The summed E-state index contributed by atoms with van der Waals surface area (Å²) in [5, 5.41) is 2.90. The van der Waals surface area contributed by atoms with E-state index in [4.69, 9.17) is 4.74 Å². The minimum atomic E-state index is -0.174. The molecule has 2 aromatic carbocycles. The van der Waals surface area contributed by atoms with Crippen LogP contribution in [0.4, 0.5) is 5.69 Å². The molecule has 0 bridgehead atoms. The quantitative estimate of drug-likeness (QED) is 0.415. The summed E-state index contributed by atoms with van der Waals surface area (Å²) in [5.41, 5.74) is 3.92. The van der Waals surface area contributed by atoms with Crippen LogP contribution in [0.3, 0.4) is 0 Å². The largest absolute Gasteiger partial charge is 0.439 e. The highest BCUT2D eigenvalue weighted by atomic mass is 32.1. The van der Waals surface area contributed by atoms with Gasteiger partial charge in [0.25, 0.3) is 5.91 Å². The molecule has 0 spiro atoms. The maximum absolute atomic E-state index is 12.6. The number of benzene rings is 2. The van der Waals surface area contributed by atoms with E-state index in [0.29, 0.717) is 28.7 Å². The number of rotatable bonds is 5. The Hall–Kier alpha value is -4.04. The summed E-state index contributed by atoms with van der Waals surface area (Å²) in [5.74, 6) is 2.23. The molecule has 0 aliphatic heterocycles. The molecule has 8 heteroatoms. The van der Waals surface area contributed by atoms with Crippen molar-refractivity contribution in [2.75, 3.05) is 5.32 Å². The maximum atomic E-state index is 12.6. The molecule has 1 amide bonds. The van der Waals surface area contributed by atoms with Gasteiger partial charge in [-0.25, -0.2) is 9.97 Å². The molecule has 5 rings (SSSR count). The normalized spacial score (nSPS) is 10.9. The van der Waals surface area contributed by atoms with Crippen molar-refractivity contribution < 1.29 is 9.53 Å². The van der Waals surface area contributed by atoms with Crippen LogP contribution in [0, 0.1) is 6.92 Å². The van der Waals surface area contributed by atoms with Crippen molar-refractivity contribution in [2.24, 2.45) is 0 Å². The van der Waals surface area contributed by atoms with Crippen molar-refractivity contribution in [2.45, 2.75) is 6.92 Å². The molecular weight excluding hydrogens is 410 g/mol. The summed E-state index contributed by atoms with van der Waals surface area (Å²) in [6.07, 6.45) is 3.82. The number of carbonyl (C=O) groups excluding carboxylic acids is 1. The molecule has 5 aromatic rings. The van der Waals surface area contributed by atoms with Gasteiger partial charge in [0.05, 0.1) is 15.7 Å². The lowest BCUT2D eigenvalue weighted by atomic mass is 10.2. The van der Waals surface area contributed by atoms with Crippen molar-refractivity contribution >= 4 is 33.1 Å². The third-order valence-corrected chi connectivity index (χ3v) is 5.39. The average molecular weight is 427 g/mol. The van der Waals surface area contributed by atoms with E-state index in [1.807, 2.05) is 48.1 Å². The Kier molecular flexibility index (Phi) is 4.89. The van der Waals surface area contributed by atoms with Gasteiger partial charge in [-0.1, -0.05) is 0 Å². The van der Waals surface area contributed by atoms with Crippen LogP contribution in [0.25, 0.3) is 16.0 Å². The highest BCUT2D eigenvalue weighted by Gasteiger charge is 2.09. The van der Waals surface area contributed by atoms with Gasteiger partial charge in [0.15, 0.2) is 0 Å². The number of aryl methyl sites for hydroxylation is 1. The topological polar surface area (TPSA) is 81.9 Å². The summed E-state index contributed by atoms with van der Waals surface area (Å²) in [7, 11) is 0. The first kappa shape index (κ1) is 19.0. The van der Waals surface area contributed by atoms with E-state index in [-0.39, 0.29) is 5.91 Å². The second-order valence-electron chi connectivity index (χ2n) is 6.82. The molecule has 3 heterocycles. The van der Waals surface area contributed by atoms with Crippen LogP contribution >= 0.6 is 11.3 Å².